The van der Waals surface area contributed by atoms with Gasteiger partial charge in [0.15, 0.2) is 0 Å². The van der Waals surface area contributed by atoms with Crippen molar-refractivity contribution in [1.82, 2.24) is 24.6 Å². The molecule has 0 bridgehead atoms. The molecule has 0 aliphatic carbocycles. The van der Waals surface area contributed by atoms with Gasteiger partial charge in [-0.1, -0.05) is 0 Å². The fraction of sp³-hybridized carbons (Fsp3) is 0.824. The molecule has 0 spiro atoms. The minimum atomic E-state index is -0.170. The third kappa shape index (κ3) is 4.37. The van der Waals surface area contributed by atoms with Crippen LogP contribution in [0.25, 0.3) is 0 Å². The van der Waals surface area contributed by atoms with Gasteiger partial charge in [0.25, 0.3) is 0 Å². The first-order valence-electron chi connectivity index (χ1n) is 9.25. The molecule has 2 saturated heterocycles. The van der Waals surface area contributed by atoms with Crippen molar-refractivity contribution in [3.63, 3.8) is 0 Å². The first-order chi connectivity index (χ1) is 12.1. The van der Waals surface area contributed by atoms with Gasteiger partial charge in [0.05, 0.1) is 19.3 Å². The zero-order chi connectivity index (χ0) is 17.8. The van der Waals surface area contributed by atoms with Gasteiger partial charge in [-0.2, -0.15) is 0 Å². The van der Waals surface area contributed by atoms with Crippen LogP contribution in [0.2, 0.25) is 0 Å². The van der Waals surface area contributed by atoms with E-state index in [1.807, 2.05) is 11.9 Å². The minimum absolute atomic E-state index is 0.0152. The summed E-state index contributed by atoms with van der Waals surface area (Å²) < 4.78 is 2.07. The molecule has 0 aromatic carbocycles. The molecule has 1 aromatic heterocycles. The molecule has 2 aliphatic heterocycles. The second-order valence-electron chi connectivity index (χ2n) is 7.19. The van der Waals surface area contributed by atoms with E-state index in [2.05, 4.69) is 19.7 Å². The van der Waals surface area contributed by atoms with E-state index in [0.29, 0.717) is 6.54 Å². The summed E-state index contributed by atoms with van der Waals surface area (Å²) in [6, 6.07) is 0. The molecular formula is C17H29N5O3. The highest BCUT2D eigenvalue weighted by Crippen LogP contribution is 2.26. The normalized spacial score (nSPS) is 23.2. The molecule has 2 aliphatic rings. The lowest BCUT2D eigenvalue weighted by Crippen LogP contribution is -2.40. The van der Waals surface area contributed by atoms with Crippen LogP contribution in [0.5, 0.6) is 0 Å². The monoisotopic (exact) mass is 351 g/mol. The second kappa shape index (κ2) is 8.25. The van der Waals surface area contributed by atoms with E-state index in [1.165, 1.54) is 0 Å². The molecule has 8 nitrogen and oxygen atoms in total. The minimum Gasteiger partial charge on any atom is -0.396 e. The standard InChI is InChI=1S/C17H29N5O3/c1-20-15(12-21-8-4-14(24)5-9-21)18-19-17(20)13-3-2-7-22(11-13)16(25)6-10-23/h13-14,23-24H,2-12H2,1H3/t13-/m0/s1. The van der Waals surface area contributed by atoms with Gasteiger partial charge in [-0.3, -0.25) is 9.69 Å². The van der Waals surface area contributed by atoms with Gasteiger partial charge in [-0.25, -0.2) is 0 Å². The Labute approximate surface area is 148 Å². The molecule has 3 rings (SSSR count). The number of aromatic nitrogens is 3. The maximum Gasteiger partial charge on any atom is 0.224 e. The predicted molar refractivity (Wildman–Crippen MR) is 91.8 cm³/mol. The van der Waals surface area contributed by atoms with E-state index in [0.717, 1.165) is 63.5 Å². The molecule has 1 atom stereocenters. The van der Waals surface area contributed by atoms with Gasteiger partial charge in [0, 0.05) is 45.6 Å². The molecule has 140 valence electrons. The molecule has 1 amide bonds. The topological polar surface area (TPSA) is 94.7 Å². The van der Waals surface area contributed by atoms with Crippen molar-refractivity contribution >= 4 is 5.91 Å². The Balaban J connectivity index is 1.63. The van der Waals surface area contributed by atoms with Crippen LogP contribution < -0.4 is 0 Å². The Bertz CT molecular complexity index is 583. The smallest absolute Gasteiger partial charge is 0.224 e. The summed E-state index contributed by atoms with van der Waals surface area (Å²) in [6.45, 7) is 3.83. The van der Waals surface area contributed by atoms with Crippen molar-refractivity contribution in [3.05, 3.63) is 11.6 Å². The molecule has 25 heavy (non-hydrogen) atoms. The SMILES string of the molecule is Cn1c(CN2CCC(O)CC2)nnc1[C@H]1CCCN(C(=O)CCO)C1. The third-order valence-corrected chi connectivity index (χ3v) is 5.39. The summed E-state index contributed by atoms with van der Waals surface area (Å²) in [7, 11) is 2.00. The Kier molecular flexibility index (Phi) is 6.03. The van der Waals surface area contributed by atoms with Crippen LogP contribution in [0, 0.1) is 0 Å². The molecule has 3 heterocycles. The van der Waals surface area contributed by atoms with Crippen LogP contribution in [0.4, 0.5) is 0 Å². The zero-order valence-electron chi connectivity index (χ0n) is 15.0. The van der Waals surface area contributed by atoms with E-state index < -0.39 is 0 Å². The number of carbonyl (C=O) groups excluding carboxylic acids is 1. The van der Waals surface area contributed by atoms with E-state index in [1.54, 1.807) is 0 Å². The average Bonchev–Trinajstić information content (AvgIpc) is 2.98. The lowest BCUT2D eigenvalue weighted by molar-refractivity contribution is -0.133. The first kappa shape index (κ1) is 18.3. The van der Waals surface area contributed by atoms with E-state index in [4.69, 9.17) is 5.11 Å². The molecule has 0 saturated carbocycles. The van der Waals surface area contributed by atoms with Crippen LogP contribution in [-0.4, -0.2) is 79.6 Å². The maximum atomic E-state index is 12.1. The highest BCUT2D eigenvalue weighted by molar-refractivity contribution is 5.76. The fourth-order valence-electron chi connectivity index (χ4n) is 3.81. The molecule has 0 unspecified atom stereocenters. The van der Waals surface area contributed by atoms with Crippen LogP contribution >= 0.6 is 0 Å². The van der Waals surface area contributed by atoms with Crippen LogP contribution in [0.3, 0.4) is 0 Å². The molecule has 0 radical (unpaired) electrons. The first-order valence-corrected chi connectivity index (χ1v) is 9.25. The van der Waals surface area contributed by atoms with Gasteiger partial charge in [-0.05, 0) is 25.7 Å². The van der Waals surface area contributed by atoms with Crippen LogP contribution in [-0.2, 0) is 18.4 Å². The van der Waals surface area contributed by atoms with E-state index in [9.17, 15) is 9.90 Å². The average molecular weight is 351 g/mol. The number of piperidine rings is 2. The number of aliphatic hydroxyl groups is 2. The maximum absolute atomic E-state index is 12.1. The summed E-state index contributed by atoms with van der Waals surface area (Å²) in [5.74, 6) is 2.09. The van der Waals surface area contributed by atoms with Gasteiger partial charge in [0.2, 0.25) is 5.91 Å². The zero-order valence-corrected chi connectivity index (χ0v) is 15.0. The highest BCUT2D eigenvalue weighted by atomic mass is 16.3. The predicted octanol–water partition coefficient (Wildman–Crippen LogP) is -0.140. The van der Waals surface area contributed by atoms with E-state index in [-0.39, 0.29) is 31.0 Å². The second-order valence-corrected chi connectivity index (χ2v) is 7.19. The Morgan fingerprint density at radius 2 is 1.96 bits per heavy atom. The number of aliphatic hydroxyl groups excluding tert-OH is 2. The summed E-state index contributed by atoms with van der Waals surface area (Å²) in [4.78, 5) is 16.2. The lowest BCUT2D eigenvalue weighted by Gasteiger charge is -2.32. The largest absolute Gasteiger partial charge is 0.396 e. The number of rotatable bonds is 5. The lowest BCUT2D eigenvalue weighted by atomic mass is 9.97. The van der Waals surface area contributed by atoms with Crippen molar-refractivity contribution in [3.8, 4) is 0 Å². The van der Waals surface area contributed by atoms with Gasteiger partial charge < -0.3 is 19.7 Å². The Morgan fingerprint density at radius 3 is 2.68 bits per heavy atom. The molecule has 1 aromatic rings. The number of nitrogens with zero attached hydrogens (tertiary/aromatic N) is 5. The number of likely N-dealkylation sites (tertiary alicyclic amines) is 2. The van der Waals surface area contributed by atoms with Crippen molar-refractivity contribution < 1.29 is 15.0 Å². The van der Waals surface area contributed by atoms with Gasteiger partial charge >= 0.3 is 0 Å². The fourth-order valence-corrected chi connectivity index (χ4v) is 3.81. The molecule has 2 fully saturated rings. The van der Waals surface area contributed by atoms with Crippen molar-refractivity contribution in [2.45, 2.75) is 50.7 Å². The number of amides is 1. The van der Waals surface area contributed by atoms with Crippen molar-refractivity contribution in [1.29, 1.82) is 0 Å². The van der Waals surface area contributed by atoms with Gasteiger partial charge in [-0.15, -0.1) is 10.2 Å². The number of carbonyl (C=O) groups is 1. The highest BCUT2D eigenvalue weighted by Gasteiger charge is 2.28. The summed E-state index contributed by atoms with van der Waals surface area (Å²) in [5, 5.41) is 27.4. The summed E-state index contributed by atoms with van der Waals surface area (Å²) in [6.07, 6.45) is 3.61. The number of hydrogen-bond donors (Lipinski definition) is 2. The molecule has 8 heteroatoms. The quantitative estimate of drug-likeness (QED) is 0.767. The van der Waals surface area contributed by atoms with Crippen LogP contribution in [0.15, 0.2) is 0 Å². The number of hydrogen-bond acceptors (Lipinski definition) is 6. The molecular weight excluding hydrogens is 322 g/mol. The summed E-state index contributed by atoms with van der Waals surface area (Å²) in [5.41, 5.74) is 0. The van der Waals surface area contributed by atoms with Crippen LogP contribution in [0.1, 0.15) is 49.7 Å². The third-order valence-electron chi connectivity index (χ3n) is 5.39. The van der Waals surface area contributed by atoms with Crippen molar-refractivity contribution in [2.24, 2.45) is 7.05 Å². The Hall–Kier alpha value is -1.51. The van der Waals surface area contributed by atoms with Gasteiger partial charge in [0.1, 0.15) is 11.6 Å². The molecule has 2 N–H and O–H groups in total. The Morgan fingerprint density at radius 1 is 1.20 bits per heavy atom. The van der Waals surface area contributed by atoms with E-state index >= 15 is 0 Å². The summed E-state index contributed by atoms with van der Waals surface area (Å²) >= 11 is 0. The van der Waals surface area contributed by atoms with Crippen molar-refractivity contribution in [2.75, 3.05) is 32.8 Å².